The van der Waals surface area contributed by atoms with E-state index in [9.17, 15) is 4.79 Å². The Kier molecular flexibility index (Phi) is 4.96. The van der Waals surface area contributed by atoms with Gasteiger partial charge in [-0.15, -0.1) is 0 Å². The normalized spacial score (nSPS) is 10.0. The number of ether oxygens (including phenoxy) is 1. The standard InChI is InChI=1S/C11H14ClNO2S/c1-7-5-10(15-2)8(12)6-9(7)13-11(14)3-4-16/h5-6,16H,3-4H2,1-2H3,(H,13,14). The van der Waals surface area contributed by atoms with E-state index < -0.39 is 0 Å². The van der Waals surface area contributed by atoms with Gasteiger partial charge in [0, 0.05) is 12.1 Å². The Bertz CT molecular complexity index is 396. The van der Waals surface area contributed by atoms with Crippen LogP contribution < -0.4 is 10.1 Å². The van der Waals surface area contributed by atoms with E-state index in [0.717, 1.165) is 5.56 Å². The largest absolute Gasteiger partial charge is 0.495 e. The molecule has 0 radical (unpaired) electrons. The molecule has 1 amide bonds. The van der Waals surface area contributed by atoms with Gasteiger partial charge in [0.25, 0.3) is 0 Å². The molecule has 0 aromatic heterocycles. The highest BCUT2D eigenvalue weighted by atomic mass is 35.5. The van der Waals surface area contributed by atoms with Crippen molar-refractivity contribution in [1.82, 2.24) is 0 Å². The molecule has 5 heteroatoms. The molecule has 3 nitrogen and oxygen atoms in total. The van der Waals surface area contributed by atoms with Crippen LogP contribution >= 0.6 is 24.2 Å². The Balaban J connectivity index is 2.89. The van der Waals surface area contributed by atoms with E-state index in [0.29, 0.717) is 28.6 Å². The first-order valence-corrected chi connectivity index (χ1v) is 5.84. The number of amides is 1. The van der Waals surface area contributed by atoms with Crippen molar-refractivity contribution in [3.63, 3.8) is 0 Å². The Morgan fingerprint density at radius 1 is 1.56 bits per heavy atom. The molecule has 0 aliphatic carbocycles. The monoisotopic (exact) mass is 259 g/mol. The third kappa shape index (κ3) is 3.32. The lowest BCUT2D eigenvalue weighted by Gasteiger charge is -2.11. The van der Waals surface area contributed by atoms with Crippen molar-refractivity contribution < 1.29 is 9.53 Å². The van der Waals surface area contributed by atoms with Crippen molar-refractivity contribution in [3.8, 4) is 5.75 Å². The molecule has 1 aromatic rings. The number of thiol groups is 1. The number of rotatable bonds is 4. The van der Waals surface area contributed by atoms with Gasteiger partial charge in [0.15, 0.2) is 0 Å². The number of anilines is 1. The van der Waals surface area contributed by atoms with Gasteiger partial charge < -0.3 is 10.1 Å². The fraction of sp³-hybridized carbons (Fsp3) is 0.364. The lowest BCUT2D eigenvalue weighted by Crippen LogP contribution is -2.12. The number of hydrogen-bond donors (Lipinski definition) is 2. The van der Waals surface area contributed by atoms with Crippen LogP contribution in [-0.4, -0.2) is 18.8 Å². The predicted molar refractivity (Wildman–Crippen MR) is 69.8 cm³/mol. The van der Waals surface area contributed by atoms with E-state index >= 15 is 0 Å². The maximum absolute atomic E-state index is 11.4. The maximum atomic E-state index is 11.4. The van der Waals surface area contributed by atoms with Crippen LogP contribution in [0.3, 0.4) is 0 Å². The second-order valence-corrected chi connectivity index (χ2v) is 4.18. The van der Waals surface area contributed by atoms with Gasteiger partial charge >= 0.3 is 0 Å². The number of methoxy groups -OCH3 is 1. The van der Waals surface area contributed by atoms with Crippen molar-refractivity contribution in [2.75, 3.05) is 18.2 Å². The molecule has 0 atom stereocenters. The van der Waals surface area contributed by atoms with Gasteiger partial charge in [0.1, 0.15) is 5.75 Å². The van der Waals surface area contributed by atoms with Crippen molar-refractivity contribution in [2.24, 2.45) is 0 Å². The zero-order chi connectivity index (χ0) is 12.1. The summed E-state index contributed by atoms with van der Waals surface area (Å²) in [6, 6.07) is 3.48. The van der Waals surface area contributed by atoms with Gasteiger partial charge in [-0.05, 0) is 30.4 Å². The van der Waals surface area contributed by atoms with Gasteiger partial charge in [-0.1, -0.05) is 11.6 Å². The minimum Gasteiger partial charge on any atom is -0.495 e. The molecule has 0 heterocycles. The highest BCUT2D eigenvalue weighted by molar-refractivity contribution is 7.80. The first-order chi connectivity index (χ1) is 7.58. The van der Waals surface area contributed by atoms with Crippen LogP contribution in [0.4, 0.5) is 5.69 Å². The van der Waals surface area contributed by atoms with Crippen molar-refractivity contribution >= 4 is 35.8 Å². The number of carbonyl (C=O) groups is 1. The first kappa shape index (κ1) is 13.2. The molecule has 16 heavy (non-hydrogen) atoms. The summed E-state index contributed by atoms with van der Waals surface area (Å²) in [5.41, 5.74) is 1.62. The Morgan fingerprint density at radius 2 is 2.25 bits per heavy atom. The minimum atomic E-state index is -0.0701. The molecule has 1 N–H and O–H groups in total. The summed E-state index contributed by atoms with van der Waals surface area (Å²) in [6.07, 6.45) is 0.381. The average molecular weight is 260 g/mol. The molecular formula is C11H14ClNO2S. The van der Waals surface area contributed by atoms with E-state index in [1.54, 1.807) is 19.2 Å². The summed E-state index contributed by atoms with van der Waals surface area (Å²) in [6.45, 7) is 1.88. The van der Waals surface area contributed by atoms with Gasteiger partial charge in [-0.25, -0.2) is 0 Å². The molecule has 0 aliphatic heterocycles. The summed E-state index contributed by atoms with van der Waals surface area (Å²) in [7, 11) is 1.56. The average Bonchev–Trinajstić information content (AvgIpc) is 2.23. The van der Waals surface area contributed by atoms with E-state index in [1.165, 1.54) is 0 Å². The number of aryl methyl sites for hydroxylation is 1. The van der Waals surface area contributed by atoms with Gasteiger partial charge in [-0.2, -0.15) is 12.6 Å². The van der Waals surface area contributed by atoms with Gasteiger partial charge in [-0.3, -0.25) is 4.79 Å². The molecule has 0 saturated heterocycles. The van der Waals surface area contributed by atoms with E-state index in [4.69, 9.17) is 16.3 Å². The molecule has 0 saturated carbocycles. The Labute approximate surface area is 106 Å². The topological polar surface area (TPSA) is 38.3 Å². The summed E-state index contributed by atoms with van der Waals surface area (Å²) >= 11 is 9.97. The lowest BCUT2D eigenvalue weighted by molar-refractivity contribution is -0.115. The second kappa shape index (κ2) is 6.01. The van der Waals surface area contributed by atoms with Crippen molar-refractivity contribution in [2.45, 2.75) is 13.3 Å². The highest BCUT2D eigenvalue weighted by Crippen LogP contribution is 2.30. The number of halogens is 1. The van der Waals surface area contributed by atoms with Gasteiger partial charge in [0.05, 0.1) is 12.1 Å². The van der Waals surface area contributed by atoms with Crippen molar-refractivity contribution in [3.05, 3.63) is 22.7 Å². The third-order valence-corrected chi connectivity index (χ3v) is 2.63. The molecule has 0 aliphatic rings. The van der Waals surface area contributed by atoms with Crippen molar-refractivity contribution in [1.29, 1.82) is 0 Å². The maximum Gasteiger partial charge on any atom is 0.225 e. The summed E-state index contributed by atoms with van der Waals surface area (Å²) in [5.74, 6) is 1.06. The summed E-state index contributed by atoms with van der Waals surface area (Å²) in [4.78, 5) is 11.4. The minimum absolute atomic E-state index is 0.0701. The zero-order valence-corrected chi connectivity index (χ0v) is 10.9. The number of carbonyl (C=O) groups excluding carboxylic acids is 1. The molecule has 0 fully saturated rings. The van der Waals surface area contributed by atoms with Crippen LogP contribution in [0.2, 0.25) is 5.02 Å². The Morgan fingerprint density at radius 3 is 2.81 bits per heavy atom. The van der Waals surface area contributed by atoms with Crippen LogP contribution in [0, 0.1) is 6.92 Å². The summed E-state index contributed by atoms with van der Waals surface area (Å²) in [5, 5.41) is 3.26. The fourth-order valence-electron chi connectivity index (χ4n) is 1.26. The third-order valence-electron chi connectivity index (χ3n) is 2.11. The predicted octanol–water partition coefficient (Wildman–Crippen LogP) is 2.92. The molecule has 0 unspecified atom stereocenters. The van der Waals surface area contributed by atoms with E-state index in [-0.39, 0.29) is 5.91 Å². The molecule has 0 spiro atoms. The number of hydrogen-bond acceptors (Lipinski definition) is 3. The molecular weight excluding hydrogens is 246 g/mol. The van der Waals surface area contributed by atoms with Crippen LogP contribution in [0.1, 0.15) is 12.0 Å². The SMILES string of the molecule is COc1cc(C)c(NC(=O)CCS)cc1Cl. The second-order valence-electron chi connectivity index (χ2n) is 3.32. The smallest absolute Gasteiger partial charge is 0.225 e. The fourth-order valence-corrected chi connectivity index (χ4v) is 1.70. The molecule has 88 valence electrons. The Hall–Kier alpha value is -0.870. The zero-order valence-electron chi connectivity index (χ0n) is 9.21. The molecule has 0 bridgehead atoms. The highest BCUT2D eigenvalue weighted by Gasteiger charge is 2.08. The first-order valence-electron chi connectivity index (χ1n) is 4.83. The number of benzene rings is 1. The van der Waals surface area contributed by atoms with Crippen LogP contribution in [-0.2, 0) is 4.79 Å². The van der Waals surface area contributed by atoms with E-state index in [2.05, 4.69) is 17.9 Å². The van der Waals surface area contributed by atoms with E-state index in [1.807, 2.05) is 6.92 Å². The number of nitrogens with one attached hydrogen (secondary N) is 1. The molecule has 1 aromatic carbocycles. The quantitative estimate of drug-likeness (QED) is 0.816. The summed E-state index contributed by atoms with van der Waals surface area (Å²) < 4.78 is 5.08. The lowest BCUT2D eigenvalue weighted by atomic mass is 10.2. The van der Waals surface area contributed by atoms with Crippen LogP contribution in [0.5, 0.6) is 5.75 Å². The van der Waals surface area contributed by atoms with Crippen LogP contribution in [0.15, 0.2) is 12.1 Å². The van der Waals surface area contributed by atoms with Crippen LogP contribution in [0.25, 0.3) is 0 Å². The van der Waals surface area contributed by atoms with Gasteiger partial charge in [0.2, 0.25) is 5.91 Å². The molecule has 1 rings (SSSR count).